The van der Waals surface area contributed by atoms with Gasteiger partial charge in [0, 0.05) is 21.0 Å². The predicted molar refractivity (Wildman–Crippen MR) is 161 cm³/mol. The van der Waals surface area contributed by atoms with E-state index in [1.807, 2.05) is 37.3 Å². The molecular weight excluding hydrogens is 667 g/mol. The van der Waals surface area contributed by atoms with Gasteiger partial charge in [-0.1, -0.05) is 74.9 Å². The van der Waals surface area contributed by atoms with Crippen molar-refractivity contribution in [1.29, 1.82) is 0 Å². The maximum absolute atomic E-state index is 13.9. The van der Waals surface area contributed by atoms with Crippen LogP contribution in [0.3, 0.4) is 0 Å². The predicted octanol–water partition coefficient (Wildman–Crippen LogP) is 6.43. The maximum atomic E-state index is 13.9. The lowest BCUT2D eigenvalue weighted by molar-refractivity contribution is -0.137. The first kappa shape index (κ1) is 29.4. The number of nitrogens with one attached hydrogen (secondary N) is 1. The number of aromatic nitrogens is 1. The third-order valence-electron chi connectivity index (χ3n) is 7.32. The summed E-state index contributed by atoms with van der Waals surface area (Å²) in [5, 5.41) is 1.95. The molecule has 0 spiro atoms. The number of alkyl halides is 3. The summed E-state index contributed by atoms with van der Waals surface area (Å²) in [4.78, 5) is 55.3. The zero-order valence-electron chi connectivity index (χ0n) is 22.2. The first-order valence-electron chi connectivity index (χ1n) is 13.0. The summed E-state index contributed by atoms with van der Waals surface area (Å²) in [7, 11) is 0. The topological polar surface area (TPSA) is 88.5 Å². The Labute approximate surface area is 259 Å². The standard InChI is InChI=1S/C30H21BrF3N3O4S2/c1-15-8-10-20(11-9-15)37-26(39)23-22(16-4-2-6-18(31)12-16)25-28(42-24(23)27(37)40)36(29(41)43-25)14-21(38)35-19-7-3-5-17(13-19)30(32,33)34/h2-13,22-24H,14H2,1H3,(H,35,38)/t22-,23-,24+/m0/s1. The second-order valence-corrected chi connectivity index (χ2v) is 13.2. The van der Waals surface area contributed by atoms with Crippen LogP contribution in [0, 0.1) is 12.8 Å². The summed E-state index contributed by atoms with van der Waals surface area (Å²) < 4.78 is 41.4. The molecule has 0 bridgehead atoms. The van der Waals surface area contributed by atoms with Crippen molar-refractivity contribution in [3.8, 4) is 0 Å². The van der Waals surface area contributed by atoms with E-state index in [4.69, 9.17) is 0 Å². The molecule has 3 atom stereocenters. The molecule has 13 heteroatoms. The molecule has 1 aromatic heterocycles. The van der Waals surface area contributed by atoms with Crippen LogP contribution in [0.5, 0.6) is 0 Å². The van der Waals surface area contributed by atoms with Gasteiger partial charge in [0.1, 0.15) is 11.8 Å². The van der Waals surface area contributed by atoms with E-state index in [-0.39, 0.29) is 11.6 Å². The Balaban J connectivity index is 1.38. The molecule has 3 heterocycles. The number of halogens is 4. The van der Waals surface area contributed by atoms with Gasteiger partial charge in [0.15, 0.2) is 0 Å². The Kier molecular flexibility index (Phi) is 7.59. The smallest absolute Gasteiger partial charge is 0.325 e. The van der Waals surface area contributed by atoms with E-state index in [0.29, 0.717) is 15.6 Å². The number of carbonyl (C=O) groups excluding carboxylic acids is 3. The van der Waals surface area contributed by atoms with Crippen molar-refractivity contribution < 1.29 is 27.6 Å². The number of hydrogen-bond donors (Lipinski definition) is 1. The molecule has 0 radical (unpaired) electrons. The maximum Gasteiger partial charge on any atom is 0.416 e. The largest absolute Gasteiger partial charge is 0.416 e. The van der Waals surface area contributed by atoms with Gasteiger partial charge in [-0.25, -0.2) is 4.90 Å². The van der Waals surface area contributed by atoms with E-state index in [2.05, 4.69) is 21.2 Å². The zero-order valence-corrected chi connectivity index (χ0v) is 25.4. The van der Waals surface area contributed by atoms with Crippen molar-refractivity contribution in [2.75, 3.05) is 10.2 Å². The molecule has 1 saturated heterocycles. The number of nitrogens with zero attached hydrogens (tertiary/aromatic N) is 2. The van der Waals surface area contributed by atoms with Crippen molar-refractivity contribution in [1.82, 2.24) is 4.57 Å². The minimum absolute atomic E-state index is 0.0676. The van der Waals surface area contributed by atoms with E-state index < -0.39 is 52.1 Å². The van der Waals surface area contributed by atoms with Crippen LogP contribution < -0.4 is 15.1 Å². The number of amides is 3. The molecule has 3 aromatic carbocycles. The lowest BCUT2D eigenvalue weighted by Crippen LogP contribution is -2.33. The van der Waals surface area contributed by atoms with Crippen LogP contribution in [0.25, 0.3) is 0 Å². The molecule has 1 N–H and O–H groups in total. The Hall–Kier alpha value is -3.68. The Morgan fingerprint density at radius 1 is 0.977 bits per heavy atom. The molecule has 7 nitrogen and oxygen atoms in total. The van der Waals surface area contributed by atoms with E-state index in [1.54, 1.807) is 18.2 Å². The molecule has 0 aliphatic carbocycles. The highest BCUT2D eigenvalue weighted by molar-refractivity contribution is 9.10. The number of thiazole rings is 1. The quantitative estimate of drug-likeness (QED) is 0.244. The van der Waals surface area contributed by atoms with E-state index in [9.17, 15) is 32.3 Å². The van der Waals surface area contributed by atoms with Gasteiger partial charge in [-0.15, -0.1) is 0 Å². The van der Waals surface area contributed by atoms with Crippen LogP contribution >= 0.6 is 39.0 Å². The zero-order chi connectivity index (χ0) is 30.6. The van der Waals surface area contributed by atoms with E-state index in [0.717, 1.165) is 50.8 Å². The minimum atomic E-state index is -4.59. The number of imide groups is 1. The third-order valence-corrected chi connectivity index (χ3v) is 10.4. The van der Waals surface area contributed by atoms with Gasteiger partial charge in [-0.05, 0) is 55.0 Å². The number of anilines is 2. The molecule has 0 unspecified atom stereocenters. The molecular formula is C30H21BrF3N3O4S2. The van der Waals surface area contributed by atoms with Gasteiger partial charge in [0.05, 0.1) is 22.2 Å². The second kappa shape index (κ2) is 11.1. The highest BCUT2D eigenvalue weighted by Gasteiger charge is 2.56. The number of aryl methyl sites for hydroxylation is 1. The van der Waals surface area contributed by atoms with Crippen LogP contribution in [-0.2, 0) is 27.1 Å². The average molecular weight is 689 g/mol. The van der Waals surface area contributed by atoms with Gasteiger partial charge in [0.25, 0.3) is 0 Å². The molecule has 43 heavy (non-hydrogen) atoms. The van der Waals surface area contributed by atoms with Crippen LogP contribution in [-0.4, -0.2) is 27.5 Å². The molecule has 0 saturated carbocycles. The fourth-order valence-electron chi connectivity index (χ4n) is 5.38. The molecule has 1 fully saturated rings. The minimum Gasteiger partial charge on any atom is -0.325 e. The SMILES string of the molecule is Cc1ccc(N2C(=O)[C@H]3[C@H](c4cccc(Br)c4)c4sc(=O)n(CC(=O)Nc5cccc(C(F)(F)F)c5)c4S[C@H]3C2=O)cc1. The summed E-state index contributed by atoms with van der Waals surface area (Å²) in [5.74, 6) is -2.95. The summed E-state index contributed by atoms with van der Waals surface area (Å²) >= 11 is 5.43. The van der Waals surface area contributed by atoms with Gasteiger partial charge in [-0.3, -0.25) is 23.7 Å². The van der Waals surface area contributed by atoms with E-state index >= 15 is 0 Å². The second-order valence-electron chi connectivity index (χ2n) is 10.2. The first-order valence-corrected chi connectivity index (χ1v) is 15.5. The van der Waals surface area contributed by atoms with Gasteiger partial charge in [-0.2, -0.15) is 13.2 Å². The monoisotopic (exact) mass is 687 g/mol. The normalized spacial score (nSPS) is 19.7. The van der Waals surface area contributed by atoms with Crippen molar-refractivity contribution in [3.63, 3.8) is 0 Å². The highest BCUT2D eigenvalue weighted by Crippen LogP contribution is 2.54. The first-order chi connectivity index (χ1) is 20.4. The molecule has 4 aromatic rings. The van der Waals surface area contributed by atoms with E-state index in [1.165, 1.54) is 21.6 Å². The fraction of sp³-hybridized carbons (Fsp3) is 0.200. The third kappa shape index (κ3) is 5.45. The number of carbonyl (C=O) groups is 3. The fourth-order valence-corrected chi connectivity index (χ4v) is 8.57. The lowest BCUT2D eigenvalue weighted by Gasteiger charge is -2.30. The van der Waals surface area contributed by atoms with Crippen LogP contribution in [0.15, 0.2) is 87.1 Å². The van der Waals surface area contributed by atoms with Gasteiger partial charge < -0.3 is 5.32 Å². The van der Waals surface area contributed by atoms with Crippen LogP contribution in [0.1, 0.15) is 27.5 Å². The summed E-state index contributed by atoms with van der Waals surface area (Å²) in [6.45, 7) is 1.41. The Bertz CT molecular complexity index is 1840. The number of rotatable bonds is 5. The Morgan fingerprint density at radius 3 is 2.40 bits per heavy atom. The highest BCUT2D eigenvalue weighted by atomic mass is 79.9. The summed E-state index contributed by atoms with van der Waals surface area (Å²) in [6.07, 6.45) is -4.59. The summed E-state index contributed by atoms with van der Waals surface area (Å²) in [5.41, 5.74) is 1.15. The average Bonchev–Trinajstić information content (AvgIpc) is 3.39. The lowest BCUT2D eigenvalue weighted by atomic mass is 9.83. The number of hydrogen-bond acceptors (Lipinski definition) is 6. The molecule has 220 valence electrons. The van der Waals surface area contributed by atoms with Crippen LogP contribution in [0.4, 0.5) is 24.5 Å². The van der Waals surface area contributed by atoms with Crippen molar-refractivity contribution in [2.24, 2.45) is 5.92 Å². The Morgan fingerprint density at radius 2 is 1.70 bits per heavy atom. The van der Waals surface area contributed by atoms with Crippen molar-refractivity contribution in [2.45, 2.75) is 35.8 Å². The number of fused-ring (bicyclic) bond motifs is 2. The molecule has 3 amide bonds. The molecule has 6 rings (SSSR count). The number of benzene rings is 3. The van der Waals surface area contributed by atoms with Crippen molar-refractivity contribution >= 4 is 68.1 Å². The molecule has 2 aliphatic heterocycles. The number of thioether (sulfide) groups is 1. The van der Waals surface area contributed by atoms with Gasteiger partial charge >= 0.3 is 11.0 Å². The van der Waals surface area contributed by atoms with Crippen LogP contribution in [0.2, 0.25) is 0 Å². The molecule has 2 aliphatic rings. The van der Waals surface area contributed by atoms with Gasteiger partial charge in [0.2, 0.25) is 17.7 Å². The van der Waals surface area contributed by atoms with Crippen molar-refractivity contribution in [3.05, 3.63) is 109 Å². The summed E-state index contributed by atoms with van der Waals surface area (Å²) in [6, 6.07) is 18.6.